The summed E-state index contributed by atoms with van der Waals surface area (Å²) in [5.41, 5.74) is 0.642. The van der Waals surface area contributed by atoms with Gasteiger partial charge in [0, 0.05) is 43.9 Å². The molecule has 2 saturated heterocycles. The molecule has 1 atom stereocenters. The molecule has 2 fully saturated rings. The van der Waals surface area contributed by atoms with E-state index in [0.717, 1.165) is 44.7 Å². The molecular weight excluding hydrogens is 308 g/mol. The van der Waals surface area contributed by atoms with Crippen molar-refractivity contribution in [2.75, 3.05) is 45.9 Å². The molecule has 3 heterocycles. The molecular formula is C17H26N4O3. The summed E-state index contributed by atoms with van der Waals surface area (Å²) in [7, 11) is 0. The number of aromatic nitrogens is 2. The van der Waals surface area contributed by atoms with Crippen LogP contribution in [0.4, 0.5) is 0 Å². The summed E-state index contributed by atoms with van der Waals surface area (Å²) in [5.74, 6) is 0.473. The van der Waals surface area contributed by atoms with E-state index in [1.165, 1.54) is 18.8 Å². The second-order valence-corrected chi connectivity index (χ2v) is 6.72. The molecule has 0 saturated carbocycles. The van der Waals surface area contributed by atoms with Crippen LogP contribution >= 0.6 is 0 Å². The smallest absolute Gasteiger partial charge is 0.250 e. The number of hydrogen-bond acceptors (Lipinski definition) is 5. The van der Waals surface area contributed by atoms with Gasteiger partial charge in [0.15, 0.2) is 0 Å². The number of rotatable bonds is 4. The molecule has 132 valence electrons. The Kier molecular flexibility index (Phi) is 5.98. The van der Waals surface area contributed by atoms with E-state index < -0.39 is 0 Å². The maximum atomic E-state index is 12.5. The highest BCUT2D eigenvalue weighted by Gasteiger charge is 2.24. The largest absolute Gasteiger partial charge is 0.380 e. The monoisotopic (exact) mass is 334 g/mol. The minimum atomic E-state index is -0.133. The van der Waals surface area contributed by atoms with Crippen molar-refractivity contribution in [3.63, 3.8) is 0 Å². The molecule has 2 aliphatic rings. The van der Waals surface area contributed by atoms with Crippen LogP contribution in [-0.2, 0) is 16.0 Å². The Morgan fingerprint density at radius 1 is 1.29 bits per heavy atom. The van der Waals surface area contributed by atoms with Crippen molar-refractivity contribution in [1.82, 2.24) is 19.8 Å². The lowest BCUT2D eigenvalue weighted by molar-refractivity contribution is -0.133. The Bertz CT molecular complexity index is 597. The third-order valence-corrected chi connectivity index (χ3v) is 4.72. The molecule has 0 radical (unpaired) electrons. The van der Waals surface area contributed by atoms with E-state index in [0.29, 0.717) is 26.2 Å². The zero-order valence-electron chi connectivity index (χ0n) is 14.1. The van der Waals surface area contributed by atoms with Crippen LogP contribution in [-0.4, -0.2) is 71.6 Å². The summed E-state index contributed by atoms with van der Waals surface area (Å²) in [6.45, 7) is 5.11. The Morgan fingerprint density at radius 2 is 2.12 bits per heavy atom. The molecule has 1 aromatic rings. The van der Waals surface area contributed by atoms with Gasteiger partial charge in [-0.15, -0.1) is 0 Å². The highest BCUT2D eigenvalue weighted by atomic mass is 16.5. The standard InChI is InChI=1S/C17H26N4O3/c22-16-9-15(18-13-19-16)8-14-10-20(6-7-24-12-14)11-17(23)21-4-2-1-3-5-21/h9,13-14H,1-8,10-12H2,(H,18,19,22)/t14-/m1/s1. The molecule has 24 heavy (non-hydrogen) atoms. The number of carbonyl (C=O) groups is 1. The molecule has 1 amide bonds. The molecule has 0 aliphatic carbocycles. The lowest BCUT2D eigenvalue weighted by Crippen LogP contribution is -2.44. The van der Waals surface area contributed by atoms with E-state index in [-0.39, 0.29) is 17.4 Å². The summed E-state index contributed by atoms with van der Waals surface area (Å²) in [4.78, 5) is 34.8. The number of H-pyrrole nitrogens is 1. The molecule has 3 rings (SSSR count). The molecule has 0 spiro atoms. The van der Waals surface area contributed by atoms with Gasteiger partial charge < -0.3 is 14.6 Å². The van der Waals surface area contributed by atoms with Crippen molar-refractivity contribution >= 4 is 5.91 Å². The van der Waals surface area contributed by atoms with E-state index in [1.807, 2.05) is 4.90 Å². The Labute approximate surface area is 142 Å². The van der Waals surface area contributed by atoms with E-state index >= 15 is 0 Å². The first kappa shape index (κ1) is 17.1. The van der Waals surface area contributed by atoms with Gasteiger partial charge >= 0.3 is 0 Å². The van der Waals surface area contributed by atoms with Gasteiger partial charge in [0.1, 0.15) is 0 Å². The molecule has 1 aromatic heterocycles. The molecule has 0 aromatic carbocycles. The lowest BCUT2D eigenvalue weighted by Gasteiger charge is -2.30. The SMILES string of the molecule is O=C(CN1CCOC[C@H](Cc2cc(=O)[nH]cn2)C1)N1CCCCC1. The van der Waals surface area contributed by atoms with Gasteiger partial charge in [-0.2, -0.15) is 0 Å². The van der Waals surface area contributed by atoms with E-state index in [9.17, 15) is 9.59 Å². The lowest BCUT2D eigenvalue weighted by atomic mass is 10.0. The quantitative estimate of drug-likeness (QED) is 0.855. The fourth-order valence-electron chi connectivity index (χ4n) is 3.47. The van der Waals surface area contributed by atoms with Crippen molar-refractivity contribution in [2.24, 2.45) is 5.92 Å². The summed E-state index contributed by atoms with van der Waals surface area (Å²) in [5, 5.41) is 0. The van der Waals surface area contributed by atoms with Gasteiger partial charge in [-0.3, -0.25) is 14.5 Å². The first-order valence-corrected chi connectivity index (χ1v) is 8.82. The van der Waals surface area contributed by atoms with Gasteiger partial charge in [-0.1, -0.05) is 0 Å². The minimum absolute atomic E-state index is 0.133. The highest BCUT2D eigenvalue weighted by Crippen LogP contribution is 2.13. The van der Waals surface area contributed by atoms with Crippen LogP contribution < -0.4 is 5.56 Å². The van der Waals surface area contributed by atoms with Crippen LogP contribution in [0.5, 0.6) is 0 Å². The van der Waals surface area contributed by atoms with Gasteiger partial charge in [-0.25, -0.2) is 4.98 Å². The number of carbonyl (C=O) groups excluding carboxylic acids is 1. The maximum Gasteiger partial charge on any atom is 0.250 e. The zero-order valence-corrected chi connectivity index (χ0v) is 14.1. The van der Waals surface area contributed by atoms with Gasteiger partial charge in [0.25, 0.3) is 5.56 Å². The van der Waals surface area contributed by atoms with Crippen LogP contribution in [0.3, 0.4) is 0 Å². The normalized spacial score (nSPS) is 23.0. The Balaban J connectivity index is 1.55. The van der Waals surface area contributed by atoms with Crippen LogP contribution in [0.2, 0.25) is 0 Å². The van der Waals surface area contributed by atoms with Crippen LogP contribution in [0.15, 0.2) is 17.2 Å². The average molecular weight is 334 g/mol. The topological polar surface area (TPSA) is 78.5 Å². The fraction of sp³-hybridized carbons (Fsp3) is 0.706. The molecule has 2 aliphatic heterocycles. The number of nitrogens with one attached hydrogen (secondary N) is 1. The predicted molar refractivity (Wildman–Crippen MR) is 89.7 cm³/mol. The molecule has 0 bridgehead atoms. The number of aromatic amines is 1. The number of hydrogen-bond donors (Lipinski definition) is 1. The average Bonchev–Trinajstić information content (AvgIpc) is 2.80. The summed E-state index contributed by atoms with van der Waals surface area (Å²) < 4.78 is 5.69. The third-order valence-electron chi connectivity index (χ3n) is 4.72. The second kappa shape index (κ2) is 8.39. The maximum absolute atomic E-state index is 12.5. The fourth-order valence-corrected chi connectivity index (χ4v) is 3.47. The Hall–Kier alpha value is -1.73. The van der Waals surface area contributed by atoms with Gasteiger partial charge in [0.05, 0.1) is 26.1 Å². The van der Waals surface area contributed by atoms with E-state index in [2.05, 4.69) is 14.9 Å². The third kappa shape index (κ3) is 4.88. The van der Waals surface area contributed by atoms with Crippen molar-refractivity contribution < 1.29 is 9.53 Å². The van der Waals surface area contributed by atoms with Crippen LogP contribution in [0.25, 0.3) is 0 Å². The van der Waals surface area contributed by atoms with Gasteiger partial charge in [0.2, 0.25) is 5.91 Å². The number of piperidine rings is 1. The van der Waals surface area contributed by atoms with Gasteiger partial charge in [-0.05, 0) is 25.7 Å². The van der Waals surface area contributed by atoms with Crippen molar-refractivity contribution in [3.05, 3.63) is 28.4 Å². The second-order valence-electron chi connectivity index (χ2n) is 6.72. The van der Waals surface area contributed by atoms with Crippen LogP contribution in [0, 0.1) is 5.92 Å². The van der Waals surface area contributed by atoms with Crippen molar-refractivity contribution in [1.29, 1.82) is 0 Å². The van der Waals surface area contributed by atoms with Crippen molar-refractivity contribution in [3.8, 4) is 0 Å². The predicted octanol–water partition coefficient (Wildman–Crippen LogP) is 0.273. The summed E-state index contributed by atoms with van der Waals surface area (Å²) >= 11 is 0. The van der Waals surface area contributed by atoms with Crippen LogP contribution in [0.1, 0.15) is 25.0 Å². The van der Waals surface area contributed by atoms with E-state index in [4.69, 9.17) is 4.74 Å². The highest BCUT2D eigenvalue weighted by molar-refractivity contribution is 5.78. The van der Waals surface area contributed by atoms with Crippen molar-refractivity contribution in [2.45, 2.75) is 25.7 Å². The molecule has 7 heteroatoms. The Morgan fingerprint density at radius 3 is 2.92 bits per heavy atom. The number of amides is 1. The minimum Gasteiger partial charge on any atom is -0.380 e. The zero-order chi connectivity index (χ0) is 16.8. The first-order valence-electron chi connectivity index (χ1n) is 8.82. The summed E-state index contributed by atoms with van der Waals surface area (Å²) in [6.07, 6.45) is 5.59. The number of likely N-dealkylation sites (tertiary alicyclic amines) is 1. The first-order chi connectivity index (χ1) is 11.7. The molecule has 1 N–H and O–H groups in total. The molecule has 7 nitrogen and oxygen atoms in total. The number of nitrogens with zero attached hydrogens (tertiary/aromatic N) is 3. The molecule has 0 unspecified atom stereocenters. The number of ether oxygens (including phenoxy) is 1. The summed E-state index contributed by atoms with van der Waals surface area (Å²) in [6, 6.07) is 1.54. The van der Waals surface area contributed by atoms with E-state index in [1.54, 1.807) is 0 Å².